The van der Waals surface area contributed by atoms with Gasteiger partial charge in [0, 0.05) is 32.7 Å². The van der Waals surface area contributed by atoms with Gasteiger partial charge in [-0.3, -0.25) is 0 Å². The lowest BCUT2D eigenvalue weighted by atomic mass is 9.90. The van der Waals surface area contributed by atoms with E-state index in [2.05, 4.69) is 92.8 Å². The van der Waals surface area contributed by atoms with Gasteiger partial charge in [0.2, 0.25) is 0 Å². The Labute approximate surface area is 288 Å². The van der Waals surface area contributed by atoms with Crippen LogP contribution in [0.5, 0.6) is 0 Å². The minimum absolute atomic E-state index is 0.519. The molecule has 2 heterocycles. The van der Waals surface area contributed by atoms with Crippen LogP contribution in [0.2, 0.25) is 0 Å². The molecule has 0 atom stereocenters. The van der Waals surface area contributed by atoms with E-state index in [1.807, 2.05) is 84.9 Å². The zero-order valence-corrected chi connectivity index (χ0v) is 26.7. The van der Waals surface area contributed by atoms with E-state index >= 15 is 0 Å². The first kappa shape index (κ1) is 28.8. The summed E-state index contributed by atoms with van der Waals surface area (Å²) in [6.45, 7) is 7.92. The van der Waals surface area contributed by atoms with Crippen LogP contribution in [0, 0.1) is 29.2 Å². The van der Waals surface area contributed by atoms with Gasteiger partial charge in [-0.15, -0.1) is 0 Å². The number of rotatable bonds is 4. The number of aromatic nitrogens is 2. The fourth-order valence-corrected chi connectivity index (χ4v) is 7.51. The minimum Gasteiger partial charge on any atom is -0.309 e. The normalized spacial score (nSPS) is 11.1. The van der Waals surface area contributed by atoms with Crippen LogP contribution in [-0.2, 0) is 0 Å². The number of para-hydroxylation sites is 4. The Hall–Kier alpha value is -7.39. The molecule has 0 saturated carbocycles. The van der Waals surface area contributed by atoms with Crippen molar-refractivity contribution in [2.75, 3.05) is 0 Å². The first-order valence-electron chi connectivity index (χ1n) is 16.3. The van der Waals surface area contributed by atoms with Crippen molar-refractivity contribution in [3.05, 3.63) is 174 Å². The summed E-state index contributed by atoms with van der Waals surface area (Å²) >= 11 is 0. The zero-order chi connectivity index (χ0) is 33.8. The Balaban J connectivity index is 1.33. The maximum Gasteiger partial charge on any atom is 0.187 e. The van der Waals surface area contributed by atoms with Crippen molar-refractivity contribution in [2.24, 2.45) is 0 Å². The Bertz CT molecular complexity index is 2920. The Morgan fingerprint density at radius 2 is 1.00 bits per heavy atom. The van der Waals surface area contributed by atoms with Crippen molar-refractivity contribution in [1.29, 1.82) is 10.5 Å². The summed E-state index contributed by atoms with van der Waals surface area (Å²) < 4.78 is 4.41. The van der Waals surface area contributed by atoms with Crippen molar-refractivity contribution in [3.8, 4) is 45.8 Å². The van der Waals surface area contributed by atoms with E-state index in [1.54, 1.807) is 0 Å². The fraction of sp³-hybridized carbons (Fsp3) is 0. The molecule has 0 unspecified atom stereocenters. The van der Waals surface area contributed by atoms with E-state index in [9.17, 15) is 10.5 Å². The van der Waals surface area contributed by atoms with Crippen molar-refractivity contribution in [2.45, 2.75) is 0 Å². The Kier molecular flexibility index (Phi) is 6.56. The van der Waals surface area contributed by atoms with Crippen LogP contribution in [0.15, 0.2) is 152 Å². The zero-order valence-electron chi connectivity index (χ0n) is 26.7. The molecule has 0 amide bonds. The van der Waals surface area contributed by atoms with Crippen molar-refractivity contribution >= 4 is 49.3 Å². The summed E-state index contributed by atoms with van der Waals surface area (Å²) in [6, 6.07) is 55.4. The highest BCUT2D eigenvalue weighted by Gasteiger charge is 2.22. The molecule has 0 aliphatic carbocycles. The molecular weight excluding hydrogens is 611 g/mol. The van der Waals surface area contributed by atoms with E-state index < -0.39 is 0 Å². The van der Waals surface area contributed by atoms with Crippen LogP contribution in [0.3, 0.4) is 0 Å². The Morgan fingerprint density at radius 1 is 0.440 bits per heavy atom. The molecule has 2 aromatic heterocycles. The van der Waals surface area contributed by atoms with Crippen LogP contribution in [0.4, 0.5) is 5.69 Å². The van der Waals surface area contributed by atoms with E-state index in [0.717, 1.165) is 66.5 Å². The molecule has 5 heteroatoms. The van der Waals surface area contributed by atoms with Gasteiger partial charge in [0.15, 0.2) is 5.69 Å². The largest absolute Gasteiger partial charge is 0.309 e. The number of fused-ring (bicyclic) bond motifs is 6. The van der Waals surface area contributed by atoms with E-state index in [-0.39, 0.29) is 0 Å². The van der Waals surface area contributed by atoms with Gasteiger partial charge < -0.3 is 9.13 Å². The molecule has 0 N–H and O–H groups in total. The molecule has 50 heavy (non-hydrogen) atoms. The summed E-state index contributed by atoms with van der Waals surface area (Å²) in [7, 11) is 0. The molecule has 0 radical (unpaired) electrons. The maximum absolute atomic E-state index is 10.9. The molecule has 0 aliphatic heterocycles. The predicted octanol–water partition coefficient (Wildman–Crippen LogP) is 11.5. The van der Waals surface area contributed by atoms with Gasteiger partial charge in [-0.2, -0.15) is 10.5 Å². The van der Waals surface area contributed by atoms with E-state index in [1.165, 1.54) is 10.8 Å². The van der Waals surface area contributed by atoms with Gasteiger partial charge in [-0.25, -0.2) is 4.85 Å². The van der Waals surface area contributed by atoms with Gasteiger partial charge in [0.25, 0.3) is 0 Å². The highest BCUT2D eigenvalue weighted by Crippen LogP contribution is 2.43. The molecule has 5 nitrogen and oxygen atoms in total. The fourth-order valence-electron chi connectivity index (χ4n) is 7.51. The molecule has 0 spiro atoms. The van der Waals surface area contributed by atoms with Gasteiger partial charge in [0.05, 0.1) is 57.2 Å². The van der Waals surface area contributed by atoms with Gasteiger partial charge in [-0.05, 0) is 65.7 Å². The first-order chi connectivity index (χ1) is 24.7. The maximum atomic E-state index is 10.9. The van der Waals surface area contributed by atoms with Crippen LogP contribution in [0.25, 0.3) is 82.1 Å². The number of nitriles is 2. The SMILES string of the molecule is [C-]#[N+]c1ccc(-c2cccc(-n3c4ccccc4c4cc(C#N)ccc43)c2C#N)c(-c2ccccc2-n2c3ccccc3c3ccccc32)c1. The molecule has 0 bridgehead atoms. The van der Waals surface area contributed by atoms with Gasteiger partial charge in [-0.1, -0.05) is 97.1 Å². The second-order valence-corrected chi connectivity index (χ2v) is 12.2. The number of hydrogen-bond acceptors (Lipinski definition) is 2. The highest BCUT2D eigenvalue weighted by molar-refractivity contribution is 6.11. The Morgan fingerprint density at radius 3 is 1.66 bits per heavy atom. The summed E-state index contributed by atoms with van der Waals surface area (Å²) in [5.74, 6) is 0. The van der Waals surface area contributed by atoms with Gasteiger partial charge in [0.1, 0.15) is 6.07 Å². The molecule has 0 fully saturated rings. The second-order valence-electron chi connectivity index (χ2n) is 12.2. The van der Waals surface area contributed by atoms with Crippen LogP contribution < -0.4 is 0 Å². The second kappa shape index (κ2) is 11.4. The topological polar surface area (TPSA) is 61.8 Å². The average molecular weight is 636 g/mol. The summed E-state index contributed by atoms with van der Waals surface area (Å²) in [5.41, 5.74) is 10.9. The van der Waals surface area contributed by atoms with Crippen molar-refractivity contribution < 1.29 is 0 Å². The quantitative estimate of drug-likeness (QED) is 0.181. The third-order valence-electron chi connectivity index (χ3n) is 9.63. The summed E-state index contributed by atoms with van der Waals surface area (Å²) in [4.78, 5) is 3.82. The lowest BCUT2D eigenvalue weighted by Crippen LogP contribution is -2.01. The lowest BCUT2D eigenvalue weighted by molar-refractivity contribution is 1.17. The first-order valence-corrected chi connectivity index (χ1v) is 16.3. The molecule has 230 valence electrons. The van der Waals surface area contributed by atoms with Crippen molar-refractivity contribution in [3.63, 3.8) is 0 Å². The molecule has 9 aromatic rings. The molecule has 0 saturated heterocycles. The molecule has 9 rings (SSSR count). The van der Waals surface area contributed by atoms with E-state index in [0.29, 0.717) is 16.8 Å². The predicted molar refractivity (Wildman–Crippen MR) is 202 cm³/mol. The average Bonchev–Trinajstić information content (AvgIpc) is 3.69. The smallest absolute Gasteiger partial charge is 0.187 e. The number of hydrogen-bond donors (Lipinski definition) is 0. The van der Waals surface area contributed by atoms with Crippen molar-refractivity contribution in [1.82, 2.24) is 9.13 Å². The monoisotopic (exact) mass is 635 g/mol. The molecule has 7 aromatic carbocycles. The lowest BCUT2D eigenvalue weighted by Gasteiger charge is -2.19. The van der Waals surface area contributed by atoms with Crippen LogP contribution in [0.1, 0.15) is 11.1 Å². The minimum atomic E-state index is 0.519. The van der Waals surface area contributed by atoms with E-state index in [4.69, 9.17) is 6.57 Å². The molecule has 0 aliphatic rings. The third kappa shape index (κ3) is 4.24. The summed E-state index contributed by atoms with van der Waals surface area (Å²) in [5, 5.41) is 24.9. The van der Waals surface area contributed by atoms with Crippen LogP contribution in [-0.4, -0.2) is 9.13 Å². The number of benzene rings is 7. The standard InChI is InChI=1S/C45H25N5/c1-48-30-22-23-32(37(26-30)35-13-4-8-18-42(35)49-40-16-6-2-11-33(40)34-12-3-7-17-41(34)49)31-15-10-20-44(39(31)28-47)50-43-19-9-5-14-36(43)38-25-29(27-46)21-24-45(38)50/h2-26H. The van der Waals surface area contributed by atoms with Gasteiger partial charge >= 0.3 is 0 Å². The third-order valence-corrected chi connectivity index (χ3v) is 9.63. The highest BCUT2D eigenvalue weighted by atomic mass is 15.0. The number of nitrogens with zero attached hydrogens (tertiary/aromatic N) is 5. The van der Waals surface area contributed by atoms with Crippen LogP contribution >= 0.6 is 0 Å². The molecular formula is C45H25N5. The summed E-state index contributed by atoms with van der Waals surface area (Å²) in [6.07, 6.45) is 0.